The summed E-state index contributed by atoms with van der Waals surface area (Å²) in [5.74, 6) is 0.213. The van der Waals surface area contributed by atoms with Crippen molar-refractivity contribution in [2.45, 2.75) is 52.6 Å². The van der Waals surface area contributed by atoms with Gasteiger partial charge in [-0.2, -0.15) is 0 Å². The molecule has 1 aromatic rings. The number of carbonyl (C=O) groups is 2. The first-order valence-electron chi connectivity index (χ1n) is 7.03. The van der Waals surface area contributed by atoms with E-state index in [9.17, 15) is 9.59 Å². The first-order valence-corrected chi connectivity index (χ1v) is 7.03. The van der Waals surface area contributed by atoms with Gasteiger partial charge in [0.25, 0.3) is 0 Å². The number of amides is 1. The first-order chi connectivity index (χ1) is 9.83. The fourth-order valence-electron chi connectivity index (χ4n) is 1.52. The summed E-state index contributed by atoms with van der Waals surface area (Å²) in [6, 6.07) is 0. The zero-order valence-electron chi connectivity index (χ0n) is 13.0. The van der Waals surface area contributed by atoms with E-state index in [0.717, 1.165) is 23.8 Å². The Balaban J connectivity index is 2.56. The van der Waals surface area contributed by atoms with Gasteiger partial charge in [0.05, 0.1) is 12.8 Å². The van der Waals surface area contributed by atoms with E-state index in [1.165, 1.54) is 12.5 Å². The molecular weight excluding hydrogens is 274 g/mol. The van der Waals surface area contributed by atoms with Crippen LogP contribution >= 0.6 is 0 Å². The molecule has 0 aliphatic heterocycles. The van der Waals surface area contributed by atoms with E-state index in [4.69, 9.17) is 9.47 Å². The Morgan fingerprint density at radius 2 is 2.05 bits per heavy atom. The normalized spacial score (nSPS) is 11.0. The van der Waals surface area contributed by atoms with Crippen LogP contribution in [0.5, 0.6) is 0 Å². The van der Waals surface area contributed by atoms with Crippen LogP contribution in [-0.2, 0) is 9.47 Å². The molecular formula is C14H23N3O4. The SMILES string of the molecule is CCCCCOC(=O)n1cncc1NC(=O)OC(C)(C)C. The largest absolute Gasteiger partial charge is 0.449 e. The van der Waals surface area contributed by atoms with E-state index in [2.05, 4.69) is 17.2 Å². The van der Waals surface area contributed by atoms with Crippen molar-refractivity contribution in [3.05, 3.63) is 12.5 Å². The number of carbonyl (C=O) groups excluding carboxylic acids is 2. The molecule has 0 fully saturated rings. The third-order valence-electron chi connectivity index (χ3n) is 2.44. The quantitative estimate of drug-likeness (QED) is 0.842. The molecule has 118 valence electrons. The number of nitrogens with one attached hydrogen (secondary N) is 1. The molecule has 0 aromatic carbocycles. The van der Waals surface area contributed by atoms with Crippen molar-refractivity contribution >= 4 is 18.0 Å². The number of hydrogen-bond donors (Lipinski definition) is 1. The molecule has 1 heterocycles. The minimum absolute atomic E-state index is 0.213. The number of hydrogen-bond acceptors (Lipinski definition) is 5. The Bertz CT molecular complexity index is 477. The molecule has 1 rings (SSSR count). The second-order valence-corrected chi connectivity index (χ2v) is 5.60. The van der Waals surface area contributed by atoms with E-state index in [1.807, 2.05) is 0 Å². The molecule has 0 aliphatic carbocycles. The van der Waals surface area contributed by atoms with Gasteiger partial charge in [0, 0.05) is 0 Å². The Morgan fingerprint density at radius 3 is 2.67 bits per heavy atom. The van der Waals surface area contributed by atoms with Gasteiger partial charge in [-0.1, -0.05) is 19.8 Å². The lowest BCUT2D eigenvalue weighted by Crippen LogP contribution is -2.28. The molecule has 0 atom stereocenters. The maximum atomic E-state index is 11.9. The molecule has 1 amide bonds. The zero-order chi connectivity index (χ0) is 15.9. The monoisotopic (exact) mass is 297 g/mol. The molecule has 0 aliphatic rings. The van der Waals surface area contributed by atoms with Crippen molar-refractivity contribution < 1.29 is 19.1 Å². The molecule has 0 spiro atoms. The van der Waals surface area contributed by atoms with Crippen molar-refractivity contribution in [1.82, 2.24) is 9.55 Å². The second kappa shape index (κ2) is 7.66. The highest BCUT2D eigenvalue weighted by Gasteiger charge is 2.19. The average molecular weight is 297 g/mol. The van der Waals surface area contributed by atoms with E-state index < -0.39 is 17.8 Å². The zero-order valence-corrected chi connectivity index (χ0v) is 13.0. The predicted octanol–water partition coefficient (Wildman–Crippen LogP) is 3.41. The minimum Gasteiger partial charge on any atom is -0.449 e. The third kappa shape index (κ3) is 6.29. The van der Waals surface area contributed by atoms with Crippen molar-refractivity contribution in [3.8, 4) is 0 Å². The van der Waals surface area contributed by atoms with Gasteiger partial charge < -0.3 is 9.47 Å². The second-order valence-electron chi connectivity index (χ2n) is 5.60. The van der Waals surface area contributed by atoms with Crippen molar-refractivity contribution in [3.63, 3.8) is 0 Å². The van der Waals surface area contributed by atoms with Gasteiger partial charge in [-0.15, -0.1) is 0 Å². The van der Waals surface area contributed by atoms with Crippen molar-refractivity contribution in [2.24, 2.45) is 0 Å². The van der Waals surface area contributed by atoms with Crippen LogP contribution in [0.25, 0.3) is 0 Å². The molecule has 0 radical (unpaired) electrons. The van der Waals surface area contributed by atoms with Gasteiger partial charge in [-0.05, 0) is 27.2 Å². The number of nitrogens with zero attached hydrogens (tertiary/aromatic N) is 2. The molecule has 0 saturated heterocycles. The van der Waals surface area contributed by atoms with Gasteiger partial charge in [0.15, 0.2) is 0 Å². The van der Waals surface area contributed by atoms with Crippen LogP contribution in [0.2, 0.25) is 0 Å². The third-order valence-corrected chi connectivity index (χ3v) is 2.44. The Labute approximate surface area is 124 Å². The van der Waals surface area contributed by atoms with Gasteiger partial charge in [0.1, 0.15) is 17.7 Å². The molecule has 0 bridgehead atoms. The van der Waals surface area contributed by atoms with Crippen LogP contribution in [0.15, 0.2) is 12.5 Å². The van der Waals surface area contributed by atoms with Gasteiger partial charge >= 0.3 is 12.2 Å². The fraction of sp³-hybridized carbons (Fsp3) is 0.643. The van der Waals surface area contributed by atoms with Gasteiger partial charge in [-0.3, -0.25) is 5.32 Å². The van der Waals surface area contributed by atoms with E-state index in [0.29, 0.717) is 6.61 Å². The molecule has 1 N–H and O–H groups in total. The summed E-state index contributed by atoms with van der Waals surface area (Å²) < 4.78 is 11.4. The number of ether oxygens (including phenoxy) is 2. The standard InChI is InChI=1S/C14H23N3O4/c1-5-6-7-8-20-13(19)17-10-15-9-11(17)16-12(18)21-14(2,3)4/h9-10H,5-8H2,1-4H3,(H,16,18). The lowest BCUT2D eigenvalue weighted by molar-refractivity contribution is 0.0635. The van der Waals surface area contributed by atoms with Gasteiger partial charge in [0.2, 0.25) is 0 Å². The summed E-state index contributed by atoms with van der Waals surface area (Å²) in [4.78, 5) is 27.4. The lowest BCUT2D eigenvalue weighted by Gasteiger charge is -2.19. The topological polar surface area (TPSA) is 82.5 Å². The smallest absolute Gasteiger partial charge is 0.420 e. The molecule has 7 heteroatoms. The number of unbranched alkanes of at least 4 members (excludes halogenated alkanes) is 2. The summed E-state index contributed by atoms with van der Waals surface area (Å²) in [5, 5.41) is 2.47. The van der Waals surface area contributed by atoms with Crippen molar-refractivity contribution in [1.29, 1.82) is 0 Å². The average Bonchev–Trinajstić information content (AvgIpc) is 2.80. The van der Waals surface area contributed by atoms with Crippen LogP contribution < -0.4 is 5.32 Å². The molecule has 1 aromatic heterocycles. The molecule has 0 saturated carbocycles. The van der Waals surface area contributed by atoms with Crippen LogP contribution in [0.1, 0.15) is 47.0 Å². The summed E-state index contributed by atoms with van der Waals surface area (Å²) in [6.45, 7) is 7.68. The maximum absolute atomic E-state index is 11.9. The highest BCUT2D eigenvalue weighted by Crippen LogP contribution is 2.12. The highest BCUT2D eigenvalue weighted by molar-refractivity contribution is 5.86. The summed E-state index contributed by atoms with van der Waals surface area (Å²) in [5.41, 5.74) is -0.615. The molecule has 7 nitrogen and oxygen atoms in total. The Hall–Kier alpha value is -2.05. The predicted molar refractivity (Wildman–Crippen MR) is 78.4 cm³/mol. The van der Waals surface area contributed by atoms with Crippen LogP contribution in [0.3, 0.4) is 0 Å². The first kappa shape index (κ1) is 17.0. The molecule has 0 unspecified atom stereocenters. The van der Waals surface area contributed by atoms with E-state index >= 15 is 0 Å². The number of rotatable bonds is 5. The van der Waals surface area contributed by atoms with E-state index in [1.54, 1.807) is 20.8 Å². The van der Waals surface area contributed by atoms with Gasteiger partial charge in [-0.25, -0.2) is 19.1 Å². The molecule has 21 heavy (non-hydrogen) atoms. The summed E-state index contributed by atoms with van der Waals surface area (Å²) >= 11 is 0. The van der Waals surface area contributed by atoms with E-state index in [-0.39, 0.29) is 5.82 Å². The highest BCUT2D eigenvalue weighted by atomic mass is 16.6. The van der Waals surface area contributed by atoms with Crippen molar-refractivity contribution in [2.75, 3.05) is 11.9 Å². The van der Waals surface area contributed by atoms with Crippen LogP contribution in [0, 0.1) is 0 Å². The summed E-state index contributed by atoms with van der Waals surface area (Å²) in [7, 11) is 0. The van der Waals surface area contributed by atoms with Crippen LogP contribution in [-0.4, -0.2) is 33.9 Å². The van der Waals surface area contributed by atoms with Crippen LogP contribution in [0.4, 0.5) is 15.4 Å². The number of aromatic nitrogens is 2. The lowest BCUT2D eigenvalue weighted by atomic mass is 10.2. The Morgan fingerprint density at radius 1 is 1.33 bits per heavy atom. The minimum atomic E-state index is -0.650. The maximum Gasteiger partial charge on any atom is 0.420 e. The summed E-state index contributed by atoms with van der Waals surface area (Å²) in [6.07, 6.45) is 4.28. The Kier molecular flexibility index (Phi) is 6.20. The number of anilines is 1. The fourth-order valence-corrected chi connectivity index (χ4v) is 1.52. The number of imidazole rings is 1.